The van der Waals surface area contributed by atoms with Crippen molar-refractivity contribution in [2.45, 2.75) is 57.6 Å². The van der Waals surface area contributed by atoms with Crippen molar-refractivity contribution in [2.24, 2.45) is 11.5 Å². The van der Waals surface area contributed by atoms with E-state index in [1.165, 1.54) is 0 Å². The molecule has 3 aliphatic rings. The molecule has 0 bridgehead atoms. The Labute approximate surface area is 196 Å². The Morgan fingerprint density at radius 2 is 2.10 bits per heavy atom. The van der Waals surface area contributed by atoms with Gasteiger partial charge in [-0.15, -0.1) is 17.5 Å². The zero-order chi connectivity index (χ0) is 20.5. The number of ketones is 2. The van der Waals surface area contributed by atoms with E-state index in [1.807, 2.05) is 19.9 Å². The maximum atomic E-state index is 12.7. The van der Waals surface area contributed by atoms with E-state index in [0.717, 1.165) is 22.4 Å². The standard InChI is InChI=1S/C20H26N2O5S.Na/c1-11(16-9-20(6-7-28-16)26-12(2)19(22)27-20)8-13(10-21)18(25)17-14(23)4-3-5-15(17)24;/h8-10,12,19,23H,3-7,21-22H2,1-2H3;/q;+1/p-1/b11-8-,13-10-;. The molecule has 3 atom stereocenters. The zero-order valence-electron chi connectivity index (χ0n) is 17.0. The van der Waals surface area contributed by atoms with Crippen molar-refractivity contribution in [3.63, 3.8) is 0 Å². The molecular weight excluding hydrogens is 403 g/mol. The summed E-state index contributed by atoms with van der Waals surface area (Å²) in [6.45, 7) is 3.70. The van der Waals surface area contributed by atoms with E-state index >= 15 is 0 Å². The molecule has 3 unspecified atom stereocenters. The van der Waals surface area contributed by atoms with Gasteiger partial charge in [0.15, 0.2) is 17.4 Å². The molecule has 0 amide bonds. The first kappa shape index (κ1) is 24.4. The Morgan fingerprint density at radius 3 is 2.69 bits per heavy atom. The van der Waals surface area contributed by atoms with Gasteiger partial charge in [-0.3, -0.25) is 9.59 Å². The van der Waals surface area contributed by atoms with Crippen molar-refractivity contribution in [1.82, 2.24) is 0 Å². The Kier molecular flexibility index (Phi) is 8.38. The average Bonchev–Trinajstić information content (AvgIpc) is 2.91. The molecule has 0 saturated carbocycles. The summed E-state index contributed by atoms with van der Waals surface area (Å²) in [4.78, 5) is 25.7. The molecule has 2 heterocycles. The van der Waals surface area contributed by atoms with Gasteiger partial charge in [-0.2, -0.15) is 0 Å². The van der Waals surface area contributed by atoms with Crippen LogP contribution in [0.3, 0.4) is 0 Å². The second kappa shape index (κ2) is 9.96. The molecule has 0 radical (unpaired) electrons. The summed E-state index contributed by atoms with van der Waals surface area (Å²) in [5.41, 5.74) is 12.2. The van der Waals surface area contributed by atoms with Crippen LogP contribution in [0.25, 0.3) is 0 Å². The second-order valence-electron chi connectivity index (χ2n) is 7.18. The first-order valence-electron chi connectivity index (χ1n) is 9.32. The predicted molar refractivity (Wildman–Crippen MR) is 104 cm³/mol. The first-order chi connectivity index (χ1) is 13.3. The molecule has 1 aliphatic carbocycles. The number of nitrogens with two attached hydrogens (primary N) is 2. The van der Waals surface area contributed by atoms with Crippen LogP contribution < -0.4 is 46.1 Å². The Morgan fingerprint density at radius 1 is 1.38 bits per heavy atom. The zero-order valence-corrected chi connectivity index (χ0v) is 19.8. The van der Waals surface area contributed by atoms with Crippen LogP contribution in [-0.2, 0) is 19.1 Å². The van der Waals surface area contributed by atoms with Crippen LogP contribution >= 0.6 is 11.8 Å². The minimum Gasteiger partial charge on any atom is -0.875 e. The first-order valence-corrected chi connectivity index (χ1v) is 10.3. The van der Waals surface area contributed by atoms with E-state index in [-0.39, 0.29) is 59.6 Å². The van der Waals surface area contributed by atoms with Crippen molar-refractivity contribution < 1.29 is 53.7 Å². The van der Waals surface area contributed by atoms with E-state index in [4.69, 9.17) is 20.9 Å². The largest absolute Gasteiger partial charge is 1.00 e. The fourth-order valence-electron chi connectivity index (χ4n) is 3.47. The number of thioether (sulfide) groups is 1. The molecule has 9 heteroatoms. The van der Waals surface area contributed by atoms with E-state index < -0.39 is 29.3 Å². The number of hydrogen-bond acceptors (Lipinski definition) is 8. The summed E-state index contributed by atoms with van der Waals surface area (Å²) in [5, 5.41) is 12.1. The van der Waals surface area contributed by atoms with Gasteiger partial charge >= 0.3 is 29.6 Å². The maximum absolute atomic E-state index is 12.7. The summed E-state index contributed by atoms with van der Waals surface area (Å²) in [6.07, 6.45) is 5.48. The van der Waals surface area contributed by atoms with Crippen molar-refractivity contribution in [1.29, 1.82) is 0 Å². The van der Waals surface area contributed by atoms with Crippen molar-refractivity contribution in [3.8, 4) is 0 Å². The molecule has 3 rings (SSSR count). The quantitative estimate of drug-likeness (QED) is 0.231. The summed E-state index contributed by atoms with van der Waals surface area (Å²) >= 11 is 1.61. The molecule has 1 saturated heterocycles. The van der Waals surface area contributed by atoms with Crippen LogP contribution in [0.15, 0.2) is 45.7 Å². The molecule has 4 N–H and O–H groups in total. The number of ether oxygens (including phenoxy) is 2. The van der Waals surface area contributed by atoms with Gasteiger partial charge < -0.3 is 26.0 Å². The van der Waals surface area contributed by atoms with E-state index in [9.17, 15) is 14.7 Å². The van der Waals surface area contributed by atoms with Gasteiger partial charge in [0.25, 0.3) is 0 Å². The molecule has 7 nitrogen and oxygen atoms in total. The van der Waals surface area contributed by atoms with Gasteiger partial charge in [0, 0.05) is 35.3 Å². The average molecular weight is 428 g/mol. The monoisotopic (exact) mass is 428 g/mol. The van der Waals surface area contributed by atoms with Crippen LogP contribution in [-0.4, -0.2) is 35.4 Å². The predicted octanol–water partition coefficient (Wildman–Crippen LogP) is -1.85. The van der Waals surface area contributed by atoms with Crippen molar-refractivity contribution in [2.75, 3.05) is 5.75 Å². The number of hydrogen-bond donors (Lipinski definition) is 2. The molecular formula is C20H25N2NaO5S. The normalized spacial score (nSPS) is 31.0. The summed E-state index contributed by atoms with van der Waals surface area (Å²) in [5.74, 6) is -1.54. The molecule has 29 heavy (non-hydrogen) atoms. The molecule has 0 aromatic carbocycles. The fraction of sp³-hybridized carbons (Fsp3) is 0.500. The van der Waals surface area contributed by atoms with Crippen molar-refractivity contribution in [3.05, 3.63) is 45.7 Å². The van der Waals surface area contributed by atoms with Crippen LogP contribution in [0.5, 0.6) is 0 Å². The SMILES string of the molecule is C/C(=C/C(=C/N)C(=O)C1=C([O-])CCCC1=O)C1=CC2(CCS1)OC(C)C(N)O2.[Na+]. The van der Waals surface area contributed by atoms with Gasteiger partial charge in [0.1, 0.15) is 6.23 Å². The van der Waals surface area contributed by atoms with Crippen molar-refractivity contribution >= 4 is 23.3 Å². The number of Topliss-reactive ketones (excluding diaryl/α,β-unsaturated/α-hetero) is 2. The van der Waals surface area contributed by atoms with Gasteiger partial charge in [-0.25, -0.2) is 0 Å². The fourth-order valence-corrected chi connectivity index (χ4v) is 4.63. The van der Waals surface area contributed by atoms with Gasteiger partial charge in [-0.05, 0) is 44.4 Å². The molecule has 0 aromatic heterocycles. The summed E-state index contributed by atoms with van der Waals surface area (Å²) in [7, 11) is 0. The number of carbonyl (C=O) groups excluding carboxylic acids is 2. The molecule has 2 aliphatic heterocycles. The van der Waals surface area contributed by atoms with Gasteiger partial charge in [0.2, 0.25) is 0 Å². The third-order valence-corrected chi connectivity index (χ3v) is 6.20. The minimum absolute atomic E-state index is 0. The third-order valence-electron chi connectivity index (χ3n) is 5.04. The maximum Gasteiger partial charge on any atom is 1.00 e. The van der Waals surface area contributed by atoms with Crippen LogP contribution in [0, 0.1) is 0 Å². The smallest absolute Gasteiger partial charge is 0.875 e. The third kappa shape index (κ3) is 5.25. The number of allylic oxidation sites excluding steroid dienone is 5. The summed E-state index contributed by atoms with van der Waals surface area (Å²) in [6, 6.07) is 0. The van der Waals surface area contributed by atoms with Gasteiger partial charge in [0.05, 0.1) is 11.7 Å². The molecule has 0 aromatic rings. The van der Waals surface area contributed by atoms with E-state index in [1.54, 1.807) is 17.8 Å². The number of carbonyl (C=O) groups is 2. The molecule has 1 fully saturated rings. The summed E-state index contributed by atoms with van der Waals surface area (Å²) < 4.78 is 11.7. The van der Waals surface area contributed by atoms with E-state index in [2.05, 4.69) is 0 Å². The molecule has 152 valence electrons. The topological polar surface area (TPSA) is 128 Å². The Balaban J connectivity index is 0.00000300. The Bertz CT molecular complexity index is 808. The van der Waals surface area contributed by atoms with Crippen LogP contribution in [0.2, 0.25) is 0 Å². The minimum atomic E-state index is -0.866. The van der Waals surface area contributed by atoms with E-state index in [0.29, 0.717) is 12.8 Å². The van der Waals surface area contributed by atoms with Crippen LogP contribution in [0.4, 0.5) is 0 Å². The molecule has 1 spiro atoms. The Hall–Kier alpha value is -0.870. The second-order valence-corrected chi connectivity index (χ2v) is 8.31. The van der Waals surface area contributed by atoms with Crippen LogP contribution in [0.1, 0.15) is 39.5 Å². The number of rotatable bonds is 4. The van der Waals surface area contributed by atoms with Gasteiger partial charge in [-0.1, -0.05) is 0 Å².